The van der Waals surface area contributed by atoms with Crippen molar-refractivity contribution < 1.29 is 23.4 Å². The number of ketones is 1. The molecule has 0 bridgehead atoms. The Morgan fingerprint density at radius 1 is 1.16 bits per heavy atom. The fourth-order valence-electron chi connectivity index (χ4n) is 4.35. The molecular formula is C27H26ClFN4O4. The zero-order valence-electron chi connectivity index (χ0n) is 20.3. The van der Waals surface area contributed by atoms with E-state index >= 15 is 4.39 Å². The summed E-state index contributed by atoms with van der Waals surface area (Å²) in [6, 6.07) is 12.6. The number of nitrogens with one attached hydrogen (secondary N) is 1. The summed E-state index contributed by atoms with van der Waals surface area (Å²) in [6.07, 6.45) is 1.44. The van der Waals surface area contributed by atoms with E-state index in [0.717, 1.165) is 44.0 Å². The van der Waals surface area contributed by atoms with Gasteiger partial charge in [0.15, 0.2) is 23.0 Å². The molecule has 1 aliphatic heterocycles. The fraction of sp³-hybridized carbons (Fsp3) is 0.296. The molecular weight excluding hydrogens is 499 g/mol. The van der Waals surface area contributed by atoms with Crippen molar-refractivity contribution in [2.45, 2.75) is 19.6 Å². The van der Waals surface area contributed by atoms with Crippen molar-refractivity contribution in [2.24, 2.45) is 0 Å². The van der Waals surface area contributed by atoms with Crippen LogP contribution in [0.15, 0.2) is 48.7 Å². The molecule has 0 amide bonds. The number of nitrogens with zero attached hydrogens (tertiary/aromatic N) is 3. The van der Waals surface area contributed by atoms with Gasteiger partial charge in [0, 0.05) is 32.3 Å². The van der Waals surface area contributed by atoms with Crippen LogP contribution in [0.25, 0.3) is 11.0 Å². The number of Topliss-reactive ketones (excluding diaryl/α,β-unsaturated/α-hetero) is 1. The number of benzene rings is 2. The minimum atomic E-state index is -0.781. The minimum absolute atomic E-state index is 0.0253. The molecule has 0 atom stereocenters. The molecule has 192 valence electrons. The van der Waals surface area contributed by atoms with Crippen LogP contribution in [0, 0.1) is 5.82 Å². The average Bonchev–Trinajstić information content (AvgIpc) is 3.31. The zero-order chi connectivity index (χ0) is 25.8. The van der Waals surface area contributed by atoms with Crippen molar-refractivity contribution in [1.82, 2.24) is 20.1 Å². The van der Waals surface area contributed by atoms with E-state index in [9.17, 15) is 4.79 Å². The number of aromatic nitrogens is 3. The van der Waals surface area contributed by atoms with Crippen molar-refractivity contribution >= 4 is 28.4 Å². The Bertz CT molecular complexity index is 1420. The summed E-state index contributed by atoms with van der Waals surface area (Å²) in [5.74, 6) is -0.928. The highest BCUT2D eigenvalue weighted by atomic mass is 35.5. The van der Waals surface area contributed by atoms with Crippen molar-refractivity contribution in [2.75, 3.05) is 33.4 Å². The highest BCUT2D eigenvalue weighted by Crippen LogP contribution is 2.30. The van der Waals surface area contributed by atoms with Gasteiger partial charge in [-0.15, -0.1) is 5.10 Å². The van der Waals surface area contributed by atoms with Crippen LogP contribution in [0.5, 0.6) is 11.6 Å². The van der Waals surface area contributed by atoms with Gasteiger partial charge in [-0.25, -0.2) is 9.37 Å². The lowest BCUT2D eigenvalue weighted by Crippen LogP contribution is -2.35. The molecule has 1 aliphatic rings. The first-order valence-corrected chi connectivity index (χ1v) is 12.3. The number of hydrogen-bond acceptors (Lipinski definition) is 7. The number of H-pyrrole nitrogens is 1. The number of fused-ring (bicyclic) bond motifs is 1. The second kappa shape index (κ2) is 11.2. The SMILES string of the molecule is COc1n[nH]c2ncc(CC(=O)c3c(Cl)ccc(OCc4cccc(CN5CCOCC5)c4)c3F)cc12. The number of carbonyl (C=O) groups is 1. The van der Waals surface area contributed by atoms with Gasteiger partial charge in [0.2, 0.25) is 5.88 Å². The molecule has 8 nitrogen and oxygen atoms in total. The first kappa shape index (κ1) is 25.1. The average molecular weight is 525 g/mol. The number of rotatable bonds is 9. The number of hydrogen-bond donors (Lipinski definition) is 1. The predicted molar refractivity (Wildman–Crippen MR) is 137 cm³/mol. The van der Waals surface area contributed by atoms with Gasteiger partial charge < -0.3 is 14.2 Å². The fourth-order valence-corrected chi connectivity index (χ4v) is 4.60. The largest absolute Gasteiger partial charge is 0.486 e. The maximum absolute atomic E-state index is 15.4. The zero-order valence-corrected chi connectivity index (χ0v) is 21.1. The topological polar surface area (TPSA) is 89.6 Å². The third-order valence-corrected chi connectivity index (χ3v) is 6.54. The maximum atomic E-state index is 15.4. The van der Waals surface area contributed by atoms with Gasteiger partial charge in [0.1, 0.15) is 6.61 Å². The highest BCUT2D eigenvalue weighted by Gasteiger charge is 2.21. The molecule has 5 rings (SSSR count). The quantitative estimate of drug-likeness (QED) is 0.320. The Balaban J connectivity index is 1.29. The molecule has 0 saturated carbocycles. The molecule has 37 heavy (non-hydrogen) atoms. The Kier molecular flexibility index (Phi) is 7.64. The summed E-state index contributed by atoms with van der Waals surface area (Å²) in [6.45, 7) is 4.24. The summed E-state index contributed by atoms with van der Waals surface area (Å²) in [7, 11) is 1.49. The minimum Gasteiger partial charge on any atom is -0.486 e. The van der Waals surface area contributed by atoms with Crippen LogP contribution in [-0.4, -0.2) is 59.3 Å². The van der Waals surface area contributed by atoms with Gasteiger partial charge in [-0.05, 0) is 34.9 Å². The summed E-state index contributed by atoms with van der Waals surface area (Å²) in [5, 5.41) is 7.42. The first-order valence-electron chi connectivity index (χ1n) is 11.9. The van der Waals surface area contributed by atoms with Gasteiger partial charge >= 0.3 is 0 Å². The lowest BCUT2D eigenvalue weighted by molar-refractivity contribution is 0.0342. The van der Waals surface area contributed by atoms with E-state index < -0.39 is 11.6 Å². The van der Waals surface area contributed by atoms with Gasteiger partial charge in [-0.1, -0.05) is 35.9 Å². The van der Waals surface area contributed by atoms with Gasteiger partial charge in [0.25, 0.3) is 0 Å². The smallest absolute Gasteiger partial charge is 0.241 e. The van der Waals surface area contributed by atoms with Crippen molar-refractivity contribution in [3.63, 3.8) is 0 Å². The molecule has 1 saturated heterocycles. The van der Waals surface area contributed by atoms with E-state index in [4.69, 9.17) is 25.8 Å². The molecule has 2 aromatic heterocycles. The van der Waals surface area contributed by atoms with Crippen LogP contribution in [-0.2, 0) is 24.3 Å². The summed E-state index contributed by atoms with van der Waals surface area (Å²) in [4.78, 5) is 19.7. The Hall–Kier alpha value is -3.53. The third kappa shape index (κ3) is 5.74. The number of pyridine rings is 1. The molecule has 1 N–H and O–H groups in total. The second-order valence-electron chi connectivity index (χ2n) is 8.80. The summed E-state index contributed by atoms with van der Waals surface area (Å²) in [5.41, 5.74) is 2.95. The number of morpholine rings is 1. The summed E-state index contributed by atoms with van der Waals surface area (Å²) < 4.78 is 31.8. The molecule has 1 fully saturated rings. The standard InChI is InChI=1S/C27H26ClFN4O4/c1-35-27-20-12-19(14-30-26(20)31-32-27)13-22(34)24-21(28)5-6-23(25(24)29)37-16-18-4-2-3-17(11-18)15-33-7-9-36-10-8-33/h2-6,11-12,14H,7-10,13,15-16H2,1H3,(H,30,31,32). The lowest BCUT2D eigenvalue weighted by Gasteiger charge is -2.26. The molecule has 0 unspecified atom stereocenters. The van der Waals surface area contributed by atoms with Crippen LogP contribution in [0.3, 0.4) is 0 Å². The Morgan fingerprint density at radius 3 is 2.78 bits per heavy atom. The second-order valence-corrected chi connectivity index (χ2v) is 9.21. The van der Waals surface area contributed by atoms with Crippen LogP contribution in [0.2, 0.25) is 5.02 Å². The highest BCUT2D eigenvalue weighted by molar-refractivity contribution is 6.34. The van der Waals surface area contributed by atoms with Gasteiger partial charge in [-0.3, -0.25) is 14.8 Å². The number of ether oxygens (including phenoxy) is 3. The van der Waals surface area contributed by atoms with Crippen molar-refractivity contribution in [1.29, 1.82) is 0 Å². The molecule has 0 radical (unpaired) electrons. The molecule has 2 aromatic carbocycles. The molecule has 0 spiro atoms. The van der Waals surface area contributed by atoms with E-state index in [2.05, 4.69) is 26.1 Å². The van der Waals surface area contributed by atoms with E-state index in [1.807, 2.05) is 18.2 Å². The molecule has 0 aliphatic carbocycles. The van der Waals surface area contributed by atoms with Gasteiger partial charge in [0.05, 0.1) is 36.3 Å². The van der Waals surface area contributed by atoms with Crippen LogP contribution in [0.4, 0.5) is 4.39 Å². The van der Waals surface area contributed by atoms with Crippen LogP contribution < -0.4 is 9.47 Å². The molecule has 10 heteroatoms. The predicted octanol–water partition coefficient (Wildman–Crippen LogP) is 4.60. The van der Waals surface area contributed by atoms with Crippen molar-refractivity contribution in [3.05, 3.63) is 81.8 Å². The first-order chi connectivity index (χ1) is 18.0. The lowest BCUT2D eigenvalue weighted by atomic mass is 10.0. The van der Waals surface area contributed by atoms with Gasteiger partial charge in [-0.2, -0.15) is 0 Å². The Labute approximate surface area is 218 Å². The van der Waals surface area contributed by atoms with Crippen LogP contribution in [0.1, 0.15) is 27.0 Å². The number of methoxy groups -OCH3 is 1. The monoisotopic (exact) mass is 524 g/mol. The van der Waals surface area contributed by atoms with Crippen molar-refractivity contribution in [3.8, 4) is 11.6 Å². The van der Waals surface area contributed by atoms with E-state index in [1.165, 1.54) is 25.4 Å². The molecule has 3 heterocycles. The van der Waals surface area contributed by atoms with E-state index in [1.54, 1.807) is 6.07 Å². The number of carbonyl (C=O) groups excluding carboxylic acids is 1. The summed E-state index contributed by atoms with van der Waals surface area (Å²) >= 11 is 6.24. The number of halogens is 2. The normalized spacial score (nSPS) is 14.1. The van der Waals surface area contributed by atoms with E-state index in [0.29, 0.717) is 22.5 Å². The molecule has 4 aromatic rings. The maximum Gasteiger partial charge on any atom is 0.241 e. The van der Waals surface area contributed by atoms with E-state index in [-0.39, 0.29) is 29.4 Å². The number of aromatic amines is 1. The Morgan fingerprint density at radius 2 is 1.97 bits per heavy atom. The third-order valence-electron chi connectivity index (χ3n) is 6.23. The van der Waals surface area contributed by atoms with Crippen LogP contribution >= 0.6 is 11.6 Å².